The number of anilines is 2. The predicted octanol–water partition coefficient (Wildman–Crippen LogP) is 3.92. The molecule has 0 unspecified atom stereocenters. The van der Waals surface area contributed by atoms with Crippen LogP contribution in [0.15, 0.2) is 36.4 Å². The number of benzene rings is 2. The fraction of sp³-hybridized carbons (Fsp3) is 0. The monoisotopic (exact) mass is 321 g/mol. The first kappa shape index (κ1) is 13.8. The summed E-state index contributed by atoms with van der Waals surface area (Å²) < 4.78 is 14.0. The minimum absolute atomic E-state index is 0.0975. The molecule has 0 aliphatic carbocycles. The van der Waals surface area contributed by atoms with E-state index in [1.54, 1.807) is 18.2 Å². The molecule has 3 aromatic rings. The van der Waals surface area contributed by atoms with E-state index in [9.17, 15) is 9.18 Å². The van der Waals surface area contributed by atoms with Gasteiger partial charge in [-0.15, -0.1) is 0 Å². The van der Waals surface area contributed by atoms with Crippen molar-refractivity contribution in [3.05, 3.63) is 52.8 Å². The minimum Gasteiger partial charge on any atom is -0.399 e. The van der Waals surface area contributed by atoms with Crippen LogP contribution in [0.25, 0.3) is 10.2 Å². The highest BCUT2D eigenvalue weighted by molar-refractivity contribution is 7.22. The van der Waals surface area contributed by atoms with E-state index < -0.39 is 11.7 Å². The van der Waals surface area contributed by atoms with Gasteiger partial charge in [-0.05, 0) is 36.4 Å². The van der Waals surface area contributed by atoms with Crippen molar-refractivity contribution >= 4 is 49.9 Å². The van der Waals surface area contributed by atoms with Gasteiger partial charge in [-0.2, -0.15) is 0 Å². The molecular weight excluding hydrogens is 313 g/mol. The molecule has 106 valence electrons. The predicted molar refractivity (Wildman–Crippen MR) is 83.4 cm³/mol. The van der Waals surface area contributed by atoms with Crippen molar-refractivity contribution in [2.24, 2.45) is 0 Å². The molecule has 1 heterocycles. The second kappa shape index (κ2) is 5.31. The molecular formula is C14H9ClFN3OS. The van der Waals surface area contributed by atoms with E-state index in [1.807, 2.05) is 0 Å². The maximum absolute atomic E-state index is 13.1. The largest absolute Gasteiger partial charge is 0.399 e. The van der Waals surface area contributed by atoms with E-state index in [-0.39, 0.29) is 10.6 Å². The van der Waals surface area contributed by atoms with Gasteiger partial charge in [0.1, 0.15) is 5.82 Å². The first-order valence-corrected chi connectivity index (χ1v) is 7.15. The Morgan fingerprint density at radius 3 is 2.86 bits per heavy atom. The van der Waals surface area contributed by atoms with Gasteiger partial charge in [0.25, 0.3) is 5.91 Å². The van der Waals surface area contributed by atoms with Crippen LogP contribution in [0.1, 0.15) is 10.4 Å². The number of carbonyl (C=O) groups excluding carboxylic acids is 1. The number of aromatic nitrogens is 1. The molecule has 21 heavy (non-hydrogen) atoms. The highest BCUT2D eigenvalue weighted by Gasteiger charge is 2.12. The van der Waals surface area contributed by atoms with Crippen molar-refractivity contribution in [1.82, 2.24) is 4.98 Å². The number of nitrogens with two attached hydrogens (primary N) is 1. The second-order valence-corrected chi connectivity index (χ2v) is 5.77. The van der Waals surface area contributed by atoms with Crippen LogP contribution < -0.4 is 11.1 Å². The van der Waals surface area contributed by atoms with E-state index >= 15 is 0 Å². The number of hydrogen-bond donors (Lipinski definition) is 2. The lowest BCUT2D eigenvalue weighted by Crippen LogP contribution is -2.11. The molecule has 0 atom stereocenters. The average Bonchev–Trinajstić information content (AvgIpc) is 2.83. The number of fused-ring (bicyclic) bond motifs is 1. The Labute approximate surface area is 128 Å². The number of amides is 1. The third kappa shape index (κ3) is 2.81. The number of hydrogen-bond acceptors (Lipinski definition) is 4. The fourth-order valence-electron chi connectivity index (χ4n) is 1.80. The lowest BCUT2D eigenvalue weighted by atomic mass is 10.2. The molecule has 3 rings (SSSR count). The Bertz CT molecular complexity index is 849. The quantitative estimate of drug-likeness (QED) is 0.703. The van der Waals surface area contributed by atoms with Crippen LogP contribution in [-0.2, 0) is 0 Å². The summed E-state index contributed by atoms with van der Waals surface area (Å²) in [6.45, 7) is 0. The second-order valence-electron chi connectivity index (χ2n) is 4.33. The Hall–Kier alpha value is -2.18. The number of rotatable bonds is 2. The molecule has 4 nitrogen and oxygen atoms in total. The van der Waals surface area contributed by atoms with Crippen molar-refractivity contribution in [3.63, 3.8) is 0 Å². The van der Waals surface area contributed by atoms with Gasteiger partial charge in [-0.1, -0.05) is 22.9 Å². The van der Waals surface area contributed by atoms with Crippen LogP contribution in [0, 0.1) is 5.82 Å². The van der Waals surface area contributed by atoms with Gasteiger partial charge in [0.15, 0.2) is 5.13 Å². The molecule has 2 aromatic carbocycles. The average molecular weight is 322 g/mol. The Morgan fingerprint density at radius 2 is 2.10 bits per heavy atom. The Kier molecular flexibility index (Phi) is 3.48. The molecule has 0 aliphatic rings. The zero-order chi connectivity index (χ0) is 15.0. The lowest BCUT2D eigenvalue weighted by molar-refractivity contribution is 0.102. The maximum atomic E-state index is 13.1. The zero-order valence-corrected chi connectivity index (χ0v) is 12.1. The highest BCUT2D eigenvalue weighted by Crippen LogP contribution is 2.28. The van der Waals surface area contributed by atoms with Crippen molar-refractivity contribution in [2.45, 2.75) is 0 Å². The maximum Gasteiger partial charge on any atom is 0.257 e. The molecule has 3 N–H and O–H groups in total. The SMILES string of the molecule is Nc1ccc2nc(NC(=O)c3ccc(F)c(Cl)c3)sc2c1. The molecule has 0 fully saturated rings. The normalized spacial score (nSPS) is 10.8. The number of halogens is 2. The number of nitrogens with one attached hydrogen (secondary N) is 1. The summed E-state index contributed by atoms with van der Waals surface area (Å²) in [5.74, 6) is -0.965. The summed E-state index contributed by atoms with van der Waals surface area (Å²) in [7, 11) is 0. The molecule has 1 aromatic heterocycles. The van der Waals surface area contributed by atoms with E-state index in [4.69, 9.17) is 17.3 Å². The summed E-state index contributed by atoms with van der Waals surface area (Å²) in [5, 5.41) is 3.01. The number of nitrogen functional groups attached to an aromatic ring is 1. The van der Waals surface area contributed by atoms with E-state index in [1.165, 1.54) is 23.5 Å². The van der Waals surface area contributed by atoms with Crippen molar-refractivity contribution in [2.75, 3.05) is 11.1 Å². The first-order chi connectivity index (χ1) is 10.0. The van der Waals surface area contributed by atoms with Gasteiger partial charge in [-0.25, -0.2) is 9.37 Å². The van der Waals surface area contributed by atoms with E-state index in [2.05, 4.69) is 10.3 Å². The first-order valence-electron chi connectivity index (χ1n) is 5.95. The number of carbonyl (C=O) groups is 1. The molecule has 0 saturated heterocycles. The van der Waals surface area contributed by atoms with Crippen LogP contribution in [-0.4, -0.2) is 10.9 Å². The Morgan fingerprint density at radius 1 is 1.29 bits per heavy atom. The molecule has 0 aliphatic heterocycles. The van der Waals surface area contributed by atoms with Crippen LogP contribution in [0.5, 0.6) is 0 Å². The smallest absolute Gasteiger partial charge is 0.257 e. The summed E-state index contributed by atoms with van der Waals surface area (Å²) >= 11 is 6.97. The molecule has 7 heteroatoms. The molecule has 0 saturated carbocycles. The molecule has 0 spiro atoms. The van der Waals surface area contributed by atoms with Crippen molar-refractivity contribution in [3.8, 4) is 0 Å². The fourth-order valence-corrected chi connectivity index (χ4v) is 2.89. The highest BCUT2D eigenvalue weighted by atomic mass is 35.5. The van der Waals surface area contributed by atoms with Crippen LogP contribution in [0.3, 0.4) is 0 Å². The third-order valence-electron chi connectivity index (χ3n) is 2.81. The summed E-state index contributed by atoms with van der Waals surface area (Å²) in [5.41, 5.74) is 7.35. The van der Waals surface area contributed by atoms with Crippen LogP contribution >= 0.6 is 22.9 Å². The minimum atomic E-state index is -0.566. The standard InChI is InChI=1S/C14H9ClFN3OS/c15-9-5-7(1-3-10(9)16)13(20)19-14-18-11-4-2-8(17)6-12(11)21-14/h1-6H,17H2,(H,18,19,20). The molecule has 0 radical (unpaired) electrons. The van der Waals surface area contributed by atoms with Crippen molar-refractivity contribution < 1.29 is 9.18 Å². The van der Waals surface area contributed by atoms with Gasteiger partial charge in [0.2, 0.25) is 0 Å². The van der Waals surface area contributed by atoms with Gasteiger partial charge in [0, 0.05) is 11.3 Å². The summed E-state index contributed by atoms with van der Waals surface area (Å²) in [6.07, 6.45) is 0. The number of nitrogens with zero attached hydrogens (tertiary/aromatic N) is 1. The molecule has 1 amide bonds. The van der Waals surface area contributed by atoms with Gasteiger partial charge in [0.05, 0.1) is 15.2 Å². The summed E-state index contributed by atoms with van der Waals surface area (Å²) in [6, 6.07) is 9.10. The molecule has 0 bridgehead atoms. The number of thiazole rings is 1. The van der Waals surface area contributed by atoms with Gasteiger partial charge < -0.3 is 5.73 Å². The zero-order valence-electron chi connectivity index (χ0n) is 10.6. The van der Waals surface area contributed by atoms with Crippen molar-refractivity contribution in [1.29, 1.82) is 0 Å². The van der Waals surface area contributed by atoms with E-state index in [0.717, 1.165) is 16.3 Å². The van der Waals surface area contributed by atoms with Crippen LogP contribution in [0.4, 0.5) is 15.2 Å². The van der Waals surface area contributed by atoms with Gasteiger partial charge in [-0.3, -0.25) is 10.1 Å². The third-order valence-corrected chi connectivity index (χ3v) is 4.04. The lowest BCUT2D eigenvalue weighted by Gasteiger charge is -2.02. The summed E-state index contributed by atoms with van der Waals surface area (Å²) in [4.78, 5) is 16.4. The van der Waals surface area contributed by atoms with Crippen LogP contribution in [0.2, 0.25) is 5.02 Å². The van der Waals surface area contributed by atoms with E-state index in [0.29, 0.717) is 10.8 Å². The van der Waals surface area contributed by atoms with Gasteiger partial charge >= 0.3 is 0 Å². The Balaban J connectivity index is 1.87. The topological polar surface area (TPSA) is 68.0 Å².